The van der Waals surface area contributed by atoms with Crippen LogP contribution in [0.1, 0.15) is 33.0 Å². The molecule has 2 aromatic heterocycles. The van der Waals surface area contributed by atoms with Crippen LogP contribution in [0.4, 0.5) is 15.8 Å². The van der Waals surface area contributed by atoms with Gasteiger partial charge in [0.15, 0.2) is 0 Å². The molecule has 11 nitrogen and oxygen atoms in total. The topological polar surface area (TPSA) is 142 Å². The SMILES string of the molecule is CC1Sc2c(C(=O)O)c(=O)c3cc(F)c(N4CCN(C(=O)c5c[nH]c6ccc([N+](=O)[O-])cc56)CC4)cc3n21. The molecule has 194 valence electrons. The van der Waals surface area contributed by atoms with Crippen molar-refractivity contribution < 1.29 is 24.0 Å². The Morgan fingerprint density at radius 2 is 1.89 bits per heavy atom. The summed E-state index contributed by atoms with van der Waals surface area (Å²) >= 11 is 1.28. The lowest BCUT2D eigenvalue weighted by molar-refractivity contribution is -0.384. The number of halogens is 1. The second kappa shape index (κ2) is 8.58. The molecule has 0 radical (unpaired) electrons. The molecule has 2 aromatic carbocycles. The summed E-state index contributed by atoms with van der Waals surface area (Å²) in [6.07, 6.45) is 1.53. The molecule has 6 rings (SSSR count). The maximum absolute atomic E-state index is 15.2. The number of nitro groups is 1. The molecule has 0 aliphatic carbocycles. The molecule has 4 heterocycles. The number of nitro benzene ring substituents is 1. The number of H-pyrrole nitrogens is 1. The fraction of sp³-hybridized carbons (Fsp3) is 0.240. The number of rotatable bonds is 4. The number of pyridine rings is 1. The van der Waals surface area contributed by atoms with Crippen molar-refractivity contribution in [3.8, 4) is 0 Å². The Balaban J connectivity index is 1.28. The van der Waals surface area contributed by atoms with E-state index >= 15 is 4.39 Å². The van der Waals surface area contributed by atoms with Gasteiger partial charge in [0.05, 0.1) is 32.1 Å². The monoisotopic (exact) mass is 537 g/mol. The number of carbonyl (C=O) groups excluding carboxylic acids is 1. The van der Waals surface area contributed by atoms with Gasteiger partial charge < -0.3 is 24.5 Å². The summed E-state index contributed by atoms with van der Waals surface area (Å²) in [6.45, 7) is 3.11. The van der Waals surface area contributed by atoms with Crippen LogP contribution in [0.3, 0.4) is 0 Å². The Bertz CT molecular complexity index is 1760. The number of piperazine rings is 1. The van der Waals surface area contributed by atoms with Crippen molar-refractivity contribution in [2.75, 3.05) is 31.1 Å². The normalized spacial score (nSPS) is 16.9. The van der Waals surface area contributed by atoms with E-state index < -0.39 is 22.1 Å². The summed E-state index contributed by atoms with van der Waals surface area (Å²) < 4.78 is 17.0. The first-order chi connectivity index (χ1) is 18.2. The lowest BCUT2D eigenvalue weighted by Gasteiger charge is -2.37. The quantitative estimate of drug-likeness (QED) is 0.296. The molecule has 2 N–H and O–H groups in total. The highest BCUT2D eigenvalue weighted by molar-refractivity contribution is 8.00. The van der Waals surface area contributed by atoms with E-state index in [9.17, 15) is 29.6 Å². The second-order valence-corrected chi connectivity index (χ2v) is 10.5. The number of fused-ring (bicyclic) bond motifs is 4. The van der Waals surface area contributed by atoms with Gasteiger partial charge in [-0.15, -0.1) is 0 Å². The van der Waals surface area contributed by atoms with Gasteiger partial charge >= 0.3 is 5.97 Å². The van der Waals surface area contributed by atoms with Crippen molar-refractivity contribution in [1.82, 2.24) is 14.5 Å². The summed E-state index contributed by atoms with van der Waals surface area (Å²) in [5.74, 6) is -2.26. The molecule has 4 aromatic rings. The van der Waals surface area contributed by atoms with Crippen LogP contribution in [-0.4, -0.2) is 62.5 Å². The maximum Gasteiger partial charge on any atom is 0.342 e. The number of aromatic amines is 1. The third kappa shape index (κ3) is 3.53. The minimum absolute atomic E-state index is 0.0155. The Morgan fingerprint density at radius 3 is 2.55 bits per heavy atom. The number of carboxylic acids is 1. The minimum atomic E-state index is -1.34. The van der Waals surface area contributed by atoms with Gasteiger partial charge in [0.1, 0.15) is 11.4 Å². The van der Waals surface area contributed by atoms with Crippen LogP contribution >= 0.6 is 11.8 Å². The molecule has 0 saturated carbocycles. The van der Waals surface area contributed by atoms with Crippen molar-refractivity contribution in [1.29, 1.82) is 0 Å². The zero-order valence-electron chi connectivity index (χ0n) is 19.9. The average molecular weight is 538 g/mol. The number of non-ortho nitro benzene ring substituents is 1. The highest BCUT2D eigenvalue weighted by atomic mass is 32.2. The molecule has 1 fully saturated rings. The molecular formula is C25H20FN5O6S. The number of hydrogen-bond acceptors (Lipinski definition) is 7. The average Bonchev–Trinajstić information content (AvgIpc) is 3.31. The molecular weight excluding hydrogens is 517 g/mol. The van der Waals surface area contributed by atoms with E-state index in [1.54, 1.807) is 26.5 Å². The Labute approximate surface area is 217 Å². The van der Waals surface area contributed by atoms with E-state index in [0.717, 1.165) is 6.07 Å². The van der Waals surface area contributed by atoms with Crippen LogP contribution in [0, 0.1) is 15.9 Å². The predicted molar refractivity (Wildman–Crippen MR) is 139 cm³/mol. The maximum atomic E-state index is 15.2. The lowest BCUT2D eigenvalue weighted by Crippen LogP contribution is -2.49. The molecule has 2 aliphatic heterocycles. The van der Waals surface area contributed by atoms with Crippen molar-refractivity contribution in [3.05, 3.63) is 73.8 Å². The standard InChI is InChI=1S/C25H20FN5O6S/c1-12-30-19-10-20(17(26)9-15(19)22(32)21(25(34)35)24(30)38-12)28-4-6-29(7-5-28)23(33)16-11-27-18-3-2-13(31(36)37)8-14(16)18/h2-3,8-12,27H,4-7H2,1H3,(H,34,35). The molecule has 0 spiro atoms. The largest absolute Gasteiger partial charge is 0.477 e. The van der Waals surface area contributed by atoms with Crippen LogP contribution in [0.5, 0.6) is 0 Å². The number of carboxylic acid groups (broad SMARTS) is 1. The van der Waals surface area contributed by atoms with Crippen LogP contribution < -0.4 is 10.3 Å². The molecule has 1 unspecified atom stereocenters. The minimum Gasteiger partial charge on any atom is -0.477 e. The lowest BCUT2D eigenvalue weighted by atomic mass is 10.1. The third-order valence-corrected chi connectivity index (χ3v) is 8.28. The fourth-order valence-electron chi connectivity index (χ4n) is 5.19. The summed E-state index contributed by atoms with van der Waals surface area (Å²) in [6, 6.07) is 6.97. The molecule has 1 saturated heterocycles. The first-order valence-corrected chi connectivity index (χ1v) is 12.6. The summed E-state index contributed by atoms with van der Waals surface area (Å²) in [5, 5.41) is 21.4. The fourth-order valence-corrected chi connectivity index (χ4v) is 6.34. The number of hydrogen-bond donors (Lipinski definition) is 2. The predicted octanol–water partition coefficient (Wildman–Crippen LogP) is 3.81. The number of aromatic nitrogens is 2. The molecule has 1 amide bonds. The molecule has 13 heteroatoms. The van der Waals surface area contributed by atoms with E-state index in [0.29, 0.717) is 53.2 Å². The smallest absolute Gasteiger partial charge is 0.342 e. The number of aromatic carboxylic acids is 1. The van der Waals surface area contributed by atoms with Gasteiger partial charge in [-0.3, -0.25) is 19.7 Å². The van der Waals surface area contributed by atoms with Gasteiger partial charge in [0.25, 0.3) is 11.6 Å². The van der Waals surface area contributed by atoms with Crippen molar-refractivity contribution in [2.45, 2.75) is 17.3 Å². The molecule has 2 aliphatic rings. The van der Waals surface area contributed by atoms with Crippen LogP contribution in [-0.2, 0) is 0 Å². The van der Waals surface area contributed by atoms with Gasteiger partial charge in [-0.2, -0.15) is 0 Å². The van der Waals surface area contributed by atoms with E-state index in [4.69, 9.17) is 0 Å². The highest BCUT2D eigenvalue weighted by Crippen LogP contribution is 2.46. The summed E-state index contributed by atoms with van der Waals surface area (Å²) in [7, 11) is 0. The number of nitrogens with one attached hydrogen (secondary N) is 1. The summed E-state index contributed by atoms with van der Waals surface area (Å²) in [5.41, 5.74) is 0.515. The van der Waals surface area contributed by atoms with Crippen molar-refractivity contribution in [2.24, 2.45) is 0 Å². The third-order valence-electron chi connectivity index (χ3n) is 7.10. The van der Waals surface area contributed by atoms with Crippen LogP contribution in [0.25, 0.3) is 21.8 Å². The molecule has 1 atom stereocenters. The van der Waals surface area contributed by atoms with E-state index in [1.165, 1.54) is 30.1 Å². The Hall–Kier alpha value is -4.39. The number of nitrogens with zero attached hydrogens (tertiary/aromatic N) is 4. The van der Waals surface area contributed by atoms with Crippen LogP contribution in [0.15, 0.2) is 46.3 Å². The summed E-state index contributed by atoms with van der Waals surface area (Å²) in [4.78, 5) is 54.8. The van der Waals surface area contributed by atoms with Gasteiger partial charge in [0.2, 0.25) is 5.43 Å². The highest BCUT2D eigenvalue weighted by Gasteiger charge is 2.34. The van der Waals surface area contributed by atoms with E-state index in [-0.39, 0.29) is 33.6 Å². The number of anilines is 1. The van der Waals surface area contributed by atoms with Crippen molar-refractivity contribution in [3.63, 3.8) is 0 Å². The number of amides is 1. The van der Waals surface area contributed by atoms with Gasteiger partial charge in [-0.25, -0.2) is 9.18 Å². The van der Waals surface area contributed by atoms with Crippen molar-refractivity contribution >= 4 is 56.8 Å². The number of thioether (sulfide) groups is 1. The van der Waals surface area contributed by atoms with Gasteiger partial charge in [-0.05, 0) is 25.1 Å². The first-order valence-electron chi connectivity index (χ1n) is 11.8. The number of carbonyl (C=O) groups is 2. The Morgan fingerprint density at radius 1 is 1.16 bits per heavy atom. The zero-order chi connectivity index (χ0) is 26.9. The van der Waals surface area contributed by atoms with E-state index in [2.05, 4.69) is 4.98 Å². The van der Waals surface area contributed by atoms with E-state index in [1.807, 2.05) is 6.92 Å². The molecule has 38 heavy (non-hydrogen) atoms. The zero-order valence-corrected chi connectivity index (χ0v) is 20.7. The second-order valence-electron chi connectivity index (χ2n) is 9.19. The first kappa shape index (κ1) is 24.0. The Kier molecular flexibility index (Phi) is 5.42. The van der Waals surface area contributed by atoms with Crippen LogP contribution in [0.2, 0.25) is 0 Å². The number of benzene rings is 2. The van der Waals surface area contributed by atoms with Gasteiger partial charge in [0, 0.05) is 60.8 Å². The van der Waals surface area contributed by atoms with Gasteiger partial charge in [-0.1, -0.05) is 11.8 Å². The molecule has 0 bridgehead atoms.